The highest BCUT2D eigenvalue weighted by Crippen LogP contribution is 2.13. The lowest BCUT2D eigenvalue weighted by molar-refractivity contribution is 0.321. The summed E-state index contributed by atoms with van der Waals surface area (Å²) in [6.07, 6.45) is 2.66. The first-order valence-electron chi connectivity index (χ1n) is 5.91. The molecule has 1 rings (SSSR count). The number of rotatable bonds is 0. The van der Waals surface area contributed by atoms with Crippen LogP contribution >= 0.6 is 0 Å². The summed E-state index contributed by atoms with van der Waals surface area (Å²) >= 11 is 0. The Morgan fingerprint density at radius 1 is 1.08 bits per heavy atom. The van der Waals surface area contributed by atoms with E-state index in [0.717, 1.165) is 11.8 Å². The molecule has 0 aromatic carbocycles. The van der Waals surface area contributed by atoms with Gasteiger partial charge in [0, 0.05) is 1.43 Å². The molecule has 0 aromatic rings. The van der Waals surface area contributed by atoms with Crippen LogP contribution in [0, 0.1) is 11.8 Å². The fourth-order valence-electron chi connectivity index (χ4n) is 1.43. The van der Waals surface area contributed by atoms with Crippen molar-refractivity contribution in [1.29, 1.82) is 0 Å². The van der Waals surface area contributed by atoms with Gasteiger partial charge >= 0.3 is 0 Å². The van der Waals surface area contributed by atoms with Crippen LogP contribution < -0.4 is 5.32 Å². The highest BCUT2D eigenvalue weighted by molar-refractivity contribution is 4.69. The van der Waals surface area contributed by atoms with Gasteiger partial charge in [0.1, 0.15) is 0 Å². The van der Waals surface area contributed by atoms with Crippen LogP contribution in [0.25, 0.3) is 0 Å². The number of hydrogen-bond acceptors (Lipinski definition) is 1. The minimum atomic E-state index is 0. The van der Waals surface area contributed by atoms with Crippen LogP contribution in [0.4, 0.5) is 0 Å². The van der Waals surface area contributed by atoms with Crippen LogP contribution in [-0.2, 0) is 0 Å². The maximum Gasteiger partial charge on any atom is 0 e. The van der Waals surface area contributed by atoms with Crippen LogP contribution in [0.3, 0.4) is 0 Å². The van der Waals surface area contributed by atoms with Gasteiger partial charge in [0.2, 0.25) is 0 Å². The maximum atomic E-state index is 3.38. The number of nitrogens with one attached hydrogen (secondary N) is 1. The predicted molar refractivity (Wildman–Crippen MR) is 65.2 cm³/mol. The molecule has 1 heteroatoms. The lowest BCUT2D eigenvalue weighted by Crippen LogP contribution is -2.33. The molecule has 1 aliphatic heterocycles. The van der Waals surface area contributed by atoms with Gasteiger partial charge < -0.3 is 5.32 Å². The Kier molecular flexibility index (Phi) is 14.2. The zero-order valence-corrected chi connectivity index (χ0v) is 10.5. The third-order valence-electron chi connectivity index (χ3n) is 1.79. The van der Waals surface area contributed by atoms with E-state index in [1.54, 1.807) is 0 Å². The van der Waals surface area contributed by atoms with Crippen LogP contribution in [-0.4, -0.2) is 13.1 Å². The lowest BCUT2D eigenvalue weighted by Gasteiger charge is -2.24. The van der Waals surface area contributed by atoms with Crippen molar-refractivity contribution >= 4 is 0 Å². The van der Waals surface area contributed by atoms with Crippen LogP contribution in [0.1, 0.15) is 55.8 Å². The smallest absolute Gasteiger partial charge is 0 e. The van der Waals surface area contributed by atoms with Crippen molar-refractivity contribution in [2.24, 2.45) is 11.8 Å². The van der Waals surface area contributed by atoms with Crippen LogP contribution in [0.5, 0.6) is 0 Å². The van der Waals surface area contributed by atoms with Gasteiger partial charge in [0.25, 0.3) is 0 Å². The summed E-state index contributed by atoms with van der Waals surface area (Å²) in [5.74, 6) is 1.80. The summed E-state index contributed by atoms with van der Waals surface area (Å²) in [7, 11) is 0. The van der Waals surface area contributed by atoms with E-state index < -0.39 is 0 Å². The van der Waals surface area contributed by atoms with Gasteiger partial charge in [-0.15, -0.1) is 0 Å². The molecule has 0 aromatic heterocycles. The number of hydrogen-bond donors (Lipinski definition) is 1. The molecular formula is C12H31N. The van der Waals surface area contributed by atoms with Crippen molar-refractivity contribution in [3.05, 3.63) is 0 Å². The third-order valence-corrected chi connectivity index (χ3v) is 1.79. The minimum absolute atomic E-state index is 0. The summed E-state index contributed by atoms with van der Waals surface area (Å²) in [6, 6.07) is 0. The molecule has 1 nitrogen and oxygen atoms in total. The van der Waals surface area contributed by atoms with E-state index in [2.05, 4.69) is 33.0 Å². The van der Waals surface area contributed by atoms with E-state index in [0.29, 0.717) is 0 Å². The molecule has 0 radical (unpaired) electrons. The highest BCUT2D eigenvalue weighted by atomic mass is 14.9. The Bertz CT molecular complexity index is 78.4. The van der Waals surface area contributed by atoms with Gasteiger partial charge in [-0.3, -0.25) is 0 Å². The largest absolute Gasteiger partial charge is 0.316 e. The summed E-state index contributed by atoms with van der Waals surface area (Å²) in [5, 5.41) is 3.38. The topological polar surface area (TPSA) is 12.0 Å². The van der Waals surface area contributed by atoms with Gasteiger partial charge in [-0.25, -0.2) is 0 Å². The molecule has 1 fully saturated rings. The second kappa shape index (κ2) is 12.0. The van der Waals surface area contributed by atoms with E-state index in [9.17, 15) is 0 Å². The second-order valence-electron chi connectivity index (χ2n) is 3.81. The molecule has 84 valence electrons. The zero-order valence-electron chi connectivity index (χ0n) is 10.5. The van der Waals surface area contributed by atoms with E-state index in [4.69, 9.17) is 0 Å². The summed E-state index contributed by atoms with van der Waals surface area (Å²) in [6.45, 7) is 15.3. The number of piperidine rings is 1. The average Bonchev–Trinajstić information content (AvgIpc) is 2.08. The Morgan fingerprint density at radius 3 is 1.54 bits per heavy atom. The first-order chi connectivity index (χ1) is 6.20. The molecule has 0 saturated carbocycles. The molecular weight excluding hydrogens is 158 g/mol. The first kappa shape index (κ1) is 15.4. The Hall–Kier alpha value is -0.0400. The van der Waals surface area contributed by atoms with Crippen molar-refractivity contribution < 1.29 is 1.43 Å². The highest BCUT2D eigenvalue weighted by Gasteiger charge is 2.12. The average molecular weight is 189 g/mol. The van der Waals surface area contributed by atoms with Crippen LogP contribution in [0.15, 0.2) is 0 Å². The fraction of sp³-hybridized carbons (Fsp3) is 1.00. The fourth-order valence-corrected chi connectivity index (χ4v) is 1.43. The van der Waals surface area contributed by atoms with E-state index >= 15 is 0 Å². The molecule has 0 aliphatic carbocycles. The Balaban J connectivity index is -0.000000176. The molecule has 2 atom stereocenters. The van der Waals surface area contributed by atoms with Crippen molar-refractivity contribution in [2.45, 2.75) is 54.4 Å². The van der Waals surface area contributed by atoms with Crippen molar-refractivity contribution in [3.8, 4) is 0 Å². The molecule has 0 amide bonds. The van der Waals surface area contributed by atoms with Gasteiger partial charge in [0.05, 0.1) is 0 Å². The van der Waals surface area contributed by atoms with Gasteiger partial charge in [0.15, 0.2) is 0 Å². The standard InChI is InChI=1S/C7H15N.C3H8.C2H6.H2/c1-6-3-7(2)5-8-4-6;1-3-2;1-2;/h6-8H,3-5H2,1-2H3;3H2,1-2H3;1-2H3;1H. The monoisotopic (exact) mass is 189 g/mol. The normalized spacial score (nSPS) is 26.3. The van der Waals surface area contributed by atoms with Gasteiger partial charge in [-0.05, 0) is 31.3 Å². The predicted octanol–water partition coefficient (Wildman–Crippen LogP) is 3.94. The van der Waals surface area contributed by atoms with Crippen LogP contribution in [0.2, 0.25) is 0 Å². The van der Waals surface area contributed by atoms with Gasteiger partial charge in [-0.2, -0.15) is 0 Å². The van der Waals surface area contributed by atoms with E-state index in [1.807, 2.05) is 13.8 Å². The molecule has 1 N–H and O–H groups in total. The Morgan fingerprint density at radius 2 is 1.38 bits per heavy atom. The third kappa shape index (κ3) is 12.0. The maximum absolute atomic E-state index is 3.38. The van der Waals surface area contributed by atoms with E-state index in [1.165, 1.54) is 25.9 Å². The molecule has 0 bridgehead atoms. The second-order valence-corrected chi connectivity index (χ2v) is 3.81. The summed E-state index contributed by atoms with van der Waals surface area (Å²) in [5.41, 5.74) is 0. The van der Waals surface area contributed by atoms with Crippen molar-refractivity contribution in [1.82, 2.24) is 5.32 Å². The SMILES string of the molecule is CC.CC1CNCC(C)C1.CCC.[HH]. The van der Waals surface area contributed by atoms with Crippen molar-refractivity contribution in [2.75, 3.05) is 13.1 Å². The molecule has 0 spiro atoms. The molecule has 1 heterocycles. The molecule has 1 saturated heterocycles. The first-order valence-corrected chi connectivity index (χ1v) is 5.91. The summed E-state index contributed by atoms with van der Waals surface area (Å²) < 4.78 is 0. The quantitative estimate of drug-likeness (QED) is 0.608. The minimum Gasteiger partial charge on any atom is -0.316 e. The summed E-state index contributed by atoms with van der Waals surface area (Å²) in [4.78, 5) is 0. The van der Waals surface area contributed by atoms with Crippen molar-refractivity contribution in [3.63, 3.8) is 0 Å². The Labute approximate surface area is 86.8 Å². The molecule has 13 heavy (non-hydrogen) atoms. The van der Waals surface area contributed by atoms with E-state index in [-0.39, 0.29) is 1.43 Å². The lowest BCUT2D eigenvalue weighted by atomic mass is 9.94. The molecule has 1 aliphatic rings. The van der Waals surface area contributed by atoms with Gasteiger partial charge in [-0.1, -0.05) is 48.0 Å². The zero-order chi connectivity index (χ0) is 10.7. The molecule has 2 unspecified atom stereocenters.